The molecule has 1 amide bonds. The number of halogens is 1. The van der Waals surface area contributed by atoms with E-state index in [0.717, 1.165) is 10.0 Å². The van der Waals surface area contributed by atoms with Gasteiger partial charge in [-0.05, 0) is 29.0 Å². The third kappa shape index (κ3) is 3.92. The van der Waals surface area contributed by atoms with Crippen LogP contribution in [-0.4, -0.2) is 26.7 Å². The van der Waals surface area contributed by atoms with Crippen LogP contribution in [0.4, 0.5) is 10.5 Å². The topological polar surface area (TPSA) is 92.8 Å². The first-order valence-electron chi connectivity index (χ1n) is 6.73. The van der Waals surface area contributed by atoms with Crippen molar-refractivity contribution in [2.45, 2.75) is 6.61 Å². The molecule has 0 spiro atoms. The molecule has 0 aliphatic carbocycles. The number of anilines is 1. The molecule has 3 rings (SSSR count). The lowest BCUT2D eigenvalue weighted by molar-refractivity contribution is 0.155. The van der Waals surface area contributed by atoms with Crippen molar-refractivity contribution in [2.75, 3.05) is 5.32 Å². The van der Waals surface area contributed by atoms with E-state index in [0.29, 0.717) is 17.1 Å². The van der Waals surface area contributed by atoms with Gasteiger partial charge in [0.15, 0.2) is 0 Å². The average Bonchev–Trinajstić information content (AvgIpc) is 3.08. The monoisotopic (exact) mass is 373 g/mol. The van der Waals surface area contributed by atoms with Crippen LogP contribution in [-0.2, 0) is 11.3 Å². The summed E-state index contributed by atoms with van der Waals surface area (Å²) in [6.45, 7) is 0.193. The smallest absolute Gasteiger partial charge is 0.411 e. The van der Waals surface area contributed by atoms with Crippen molar-refractivity contribution in [1.29, 1.82) is 0 Å². The molecule has 0 aliphatic rings. The van der Waals surface area contributed by atoms with Crippen LogP contribution in [0.15, 0.2) is 53.0 Å². The number of aromatic nitrogens is 4. The molecule has 8 heteroatoms. The third-order valence-corrected chi connectivity index (χ3v) is 3.51. The van der Waals surface area contributed by atoms with Crippen LogP contribution in [0, 0.1) is 0 Å². The Labute approximate surface area is 140 Å². The lowest BCUT2D eigenvalue weighted by atomic mass is 10.1. The first-order valence-corrected chi connectivity index (χ1v) is 7.53. The summed E-state index contributed by atoms with van der Waals surface area (Å²) in [5.74, 6) is 0.385. The molecular weight excluding hydrogens is 362 g/mol. The van der Waals surface area contributed by atoms with E-state index < -0.39 is 6.09 Å². The van der Waals surface area contributed by atoms with Crippen molar-refractivity contribution in [1.82, 2.24) is 20.6 Å². The Balaban J connectivity index is 1.72. The van der Waals surface area contributed by atoms with Crippen LogP contribution in [0.1, 0.15) is 5.56 Å². The summed E-state index contributed by atoms with van der Waals surface area (Å²) in [4.78, 5) is 12.0. The van der Waals surface area contributed by atoms with Crippen molar-refractivity contribution in [3.8, 4) is 11.4 Å². The van der Waals surface area contributed by atoms with Crippen LogP contribution in [0.5, 0.6) is 0 Å². The van der Waals surface area contributed by atoms with Gasteiger partial charge in [-0.1, -0.05) is 46.3 Å². The molecule has 0 aliphatic heterocycles. The van der Waals surface area contributed by atoms with Gasteiger partial charge in [0.25, 0.3) is 0 Å². The van der Waals surface area contributed by atoms with Gasteiger partial charge in [-0.15, -0.1) is 10.2 Å². The van der Waals surface area contributed by atoms with E-state index in [-0.39, 0.29) is 6.61 Å². The van der Waals surface area contributed by atoms with Gasteiger partial charge in [0.2, 0.25) is 5.82 Å². The number of carbonyl (C=O) groups excluding carboxylic acids is 1. The Kier molecular flexibility index (Phi) is 4.62. The standard InChI is InChI=1S/C15H12BrN5O2/c16-11-6-7-12(14-18-20-21-19-14)13(8-11)17-15(22)23-9-10-4-2-1-3-5-10/h1-8H,9H2,(H,17,22)(H,18,19,20,21). The summed E-state index contributed by atoms with van der Waals surface area (Å²) in [5.41, 5.74) is 2.08. The van der Waals surface area contributed by atoms with E-state index in [1.54, 1.807) is 12.1 Å². The molecule has 116 valence electrons. The molecule has 0 saturated heterocycles. The molecule has 0 bridgehead atoms. The van der Waals surface area contributed by atoms with E-state index in [1.165, 1.54) is 0 Å². The normalized spacial score (nSPS) is 10.3. The van der Waals surface area contributed by atoms with Gasteiger partial charge in [0.1, 0.15) is 6.61 Å². The number of amides is 1. The van der Waals surface area contributed by atoms with Crippen molar-refractivity contribution in [3.05, 3.63) is 58.6 Å². The number of rotatable bonds is 4. The molecule has 0 atom stereocenters. The third-order valence-electron chi connectivity index (χ3n) is 3.02. The van der Waals surface area contributed by atoms with E-state index >= 15 is 0 Å². The number of ether oxygens (including phenoxy) is 1. The fourth-order valence-electron chi connectivity index (χ4n) is 1.96. The first-order chi connectivity index (χ1) is 11.2. The molecular formula is C15H12BrN5O2. The lowest BCUT2D eigenvalue weighted by Crippen LogP contribution is -2.14. The van der Waals surface area contributed by atoms with Gasteiger partial charge in [0, 0.05) is 10.0 Å². The fraction of sp³-hybridized carbons (Fsp3) is 0.0667. The molecule has 3 aromatic rings. The van der Waals surface area contributed by atoms with Crippen molar-refractivity contribution in [2.24, 2.45) is 0 Å². The quantitative estimate of drug-likeness (QED) is 0.730. The highest BCUT2D eigenvalue weighted by Crippen LogP contribution is 2.28. The SMILES string of the molecule is O=C(Nc1cc(Br)ccc1-c1nn[nH]n1)OCc1ccccc1. The summed E-state index contributed by atoms with van der Waals surface area (Å²) in [7, 11) is 0. The molecule has 0 saturated carbocycles. The number of carbonyl (C=O) groups is 1. The Bertz CT molecular complexity index is 793. The van der Waals surface area contributed by atoms with Crippen molar-refractivity contribution in [3.63, 3.8) is 0 Å². The number of hydrogen-bond donors (Lipinski definition) is 2. The van der Waals surface area contributed by atoms with Crippen molar-refractivity contribution < 1.29 is 9.53 Å². The predicted octanol–water partition coefficient (Wildman–Crippen LogP) is 3.38. The Morgan fingerprint density at radius 1 is 1.22 bits per heavy atom. The van der Waals surface area contributed by atoms with Gasteiger partial charge in [0.05, 0.1) is 5.69 Å². The lowest BCUT2D eigenvalue weighted by Gasteiger charge is -2.10. The van der Waals surface area contributed by atoms with Gasteiger partial charge < -0.3 is 4.74 Å². The minimum absolute atomic E-state index is 0.193. The number of benzene rings is 2. The van der Waals surface area contributed by atoms with Crippen LogP contribution in [0.3, 0.4) is 0 Å². The maximum Gasteiger partial charge on any atom is 0.411 e. The zero-order valence-electron chi connectivity index (χ0n) is 11.9. The van der Waals surface area contributed by atoms with E-state index in [9.17, 15) is 4.79 Å². The maximum absolute atomic E-state index is 12.0. The number of aromatic amines is 1. The molecule has 2 N–H and O–H groups in total. The molecule has 1 heterocycles. The molecule has 7 nitrogen and oxygen atoms in total. The number of tetrazole rings is 1. The highest BCUT2D eigenvalue weighted by Gasteiger charge is 2.13. The van der Waals surface area contributed by atoms with Gasteiger partial charge >= 0.3 is 6.09 Å². The second kappa shape index (κ2) is 7.01. The molecule has 2 aromatic carbocycles. The van der Waals surface area contributed by atoms with Crippen LogP contribution >= 0.6 is 15.9 Å². The number of nitrogens with zero attached hydrogens (tertiary/aromatic N) is 3. The number of H-pyrrole nitrogens is 1. The summed E-state index contributed by atoms with van der Waals surface area (Å²) in [6.07, 6.45) is -0.559. The fourth-order valence-corrected chi connectivity index (χ4v) is 2.32. The van der Waals surface area contributed by atoms with Crippen LogP contribution in [0.25, 0.3) is 11.4 Å². The molecule has 0 unspecified atom stereocenters. The number of hydrogen-bond acceptors (Lipinski definition) is 5. The second-order valence-electron chi connectivity index (χ2n) is 4.61. The van der Waals surface area contributed by atoms with Gasteiger partial charge in [-0.3, -0.25) is 5.32 Å². The summed E-state index contributed by atoms with van der Waals surface area (Å²) < 4.78 is 6.02. The second-order valence-corrected chi connectivity index (χ2v) is 5.53. The number of nitrogens with one attached hydrogen (secondary N) is 2. The summed E-state index contributed by atoms with van der Waals surface area (Å²) in [6, 6.07) is 14.8. The Morgan fingerprint density at radius 2 is 2.04 bits per heavy atom. The summed E-state index contributed by atoms with van der Waals surface area (Å²) >= 11 is 3.37. The highest BCUT2D eigenvalue weighted by molar-refractivity contribution is 9.10. The maximum atomic E-state index is 12.0. The van der Waals surface area contributed by atoms with E-state index in [2.05, 4.69) is 41.9 Å². The predicted molar refractivity (Wildman–Crippen MR) is 87.6 cm³/mol. The molecule has 1 aromatic heterocycles. The molecule has 0 radical (unpaired) electrons. The van der Waals surface area contributed by atoms with Crippen LogP contribution in [0.2, 0.25) is 0 Å². The van der Waals surface area contributed by atoms with Crippen LogP contribution < -0.4 is 5.32 Å². The van der Waals surface area contributed by atoms with E-state index in [4.69, 9.17) is 4.74 Å². The highest BCUT2D eigenvalue weighted by atomic mass is 79.9. The molecule has 23 heavy (non-hydrogen) atoms. The minimum atomic E-state index is -0.559. The Morgan fingerprint density at radius 3 is 2.78 bits per heavy atom. The largest absolute Gasteiger partial charge is 0.444 e. The molecule has 0 fully saturated rings. The average molecular weight is 374 g/mol. The summed E-state index contributed by atoms with van der Waals surface area (Å²) in [5, 5.41) is 16.5. The van der Waals surface area contributed by atoms with Gasteiger partial charge in [-0.25, -0.2) is 4.79 Å². The van der Waals surface area contributed by atoms with E-state index in [1.807, 2.05) is 36.4 Å². The first kappa shape index (κ1) is 15.2. The Hall–Kier alpha value is -2.74. The zero-order chi connectivity index (χ0) is 16.1. The van der Waals surface area contributed by atoms with Gasteiger partial charge in [-0.2, -0.15) is 5.21 Å². The zero-order valence-corrected chi connectivity index (χ0v) is 13.4. The minimum Gasteiger partial charge on any atom is -0.444 e. The van der Waals surface area contributed by atoms with Crippen molar-refractivity contribution >= 4 is 27.7 Å².